The number of sulfonamides is 1. The Kier molecular flexibility index (Phi) is 11.6. The maximum atomic E-state index is 13.9. The molecule has 0 radical (unpaired) electrons. The van der Waals surface area contributed by atoms with Crippen molar-refractivity contribution in [3.8, 4) is 5.75 Å². The summed E-state index contributed by atoms with van der Waals surface area (Å²) in [6.07, 6.45) is 1.71. The minimum atomic E-state index is -3.66. The van der Waals surface area contributed by atoms with E-state index < -0.39 is 16.1 Å². The average molecular weight is 600 g/mol. The van der Waals surface area contributed by atoms with Gasteiger partial charge in [0.25, 0.3) is 0 Å². The molecule has 2 amide bonds. The van der Waals surface area contributed by atoms with Gasteiger partial charge in [0.05, 0.1) is 19.1 Å². The van der Waals surface area contributed by atoms with Crippen molar-refractivity contribution in [3.63, 3.8) is 0 Å². The molecule has 41 heavy (non-hydrogen) atoms. The molecular weight excluding hydrogens is 562 g/mol. The molecule has 0 saturated carbocycles. The summed E-state index contributed by atoms with van der Waals surface area (Å²) in [5, 5.41) is 3.49. The third-order valence-electron chi connectivity index (χ3n) is 6.45. The molecule has 0 aliphatic rings. The van der Waals surface area contributed by atoms with Gasteiger partial charge in [-0.3, -0.25) is 13.9 Å². The summed E-state index contributed by atoms with van der Waals surface area (Å²) in [5.41, 5.74) is 2.10. The number of nitrogens with zero attached hydrogens (tertiary/aromatic N) is 2. The molecule has 0 spiro atoms. The summed E-state index contributed by atoms with van der Waals surface area (Å²) in [5.74, 6) is -0.107. The molecule has 10 heteroatoms. The zero-order valence-corrected chi connectivity index (χ0v) is 25.5. The van der Waals surface area contributed by atoms with Gasteiger partial charge in [-0.25, -0.2) is 8.42 Å². The Morgan fingerprint density at radius 3 is 2.24 bits per heavy atom. The molecule has 0 heterocycles. The number of benzene rings is 3. The number of methoxy groups -OCH3 is 1. The minimum Gasteiger partial charge on any atom is -0.495 e. The van der Waals surface area contributed by atoms with Crippen LogP contribution in [0.4, 0.5) is 5.69 Å². The Balaban J connectivity index is 1.90. The van der Waals surface area contributed by atoms with Crippen molar-refractivity contribution < 1.29 is 22.7 Å². The van der Waals surface area contributed by atoms with Gasteiger partial charge in [-0.15, -0.1) is 0 Å². The molecule has 220 valence electrons. The van der Waals surface area contributed by atoms with Crippen LogP contribution in [0.3, 0.4) is 0 Å². The summed E-state index contributed by atoms with van der Waals surface area (Å²) in [7, 11) is -2.18. The number of hydrogen-bond acceptors (Lipinski definition) is 5. The van der Waals surface area contributed by atoms with E-state index in [2.05, 4.69) is 5.32 Å². The van der Waals surface area contributed by atoms with E-state index in [-0.39, 0.29) is 43.8 Å². The molecule has 0 aliphatic carbocycles. The van der Waals surface area contributed by atoms with Crippen molar-refractivity contribution >= 4 is 39.1 Å². The first-order chi connectivity index (χ1) is 19.5. The van der Waals surface area contributed by atoms with Crippen molar-refractivity contribution in [3.05, 3.63) is 95.0 Å². The van der Waals surface area contributed by atoms with E-state index in [9.17, 15) is 18.0 Å². The first kappa shape index (κ1) is 32.0. The van der Waals surface area contributed by atoms with Gasteiger partial charge in [-0.05, 0) is 55.7 Å². The van der Waals surface area contributed by atoms with E-state index in [0.717, 1.165) is 17.4 Å². The first-order valence-electron chi connectivity index (χ1n) is 13.5. The van der Waals surface area contributed by atoms with Crippen molar-refractivity contribution in [1.82, 2.24) is 10.2 Å². The fourth-order valence-electron chi connectivity index (χ4n) is 4.58. The van der Waals surface area contributed by atoms with E-state index in [0.29, 0.717) is 22.9 Å². The van der Waals surface area contributed by atoms with E-state index >= 15 is 0 Å². The number of ether oxygens (including phenoxy) is 1. The second-order valence-electron chi connectivity index (χ2n) is 10.1. The summed E-state index contributed by atoms with van der Waals surface area (Å²) in [6, 6.07) is 22.7. The maximum Gasteiger partial charge on any atom is 0.243 e. The predicted octanol–water partition coefficient (Wildman–Crippen LogP) is 5.06. The SMILES string of the molecule is COc1ccccc1N(CCCC(=O)N(Cc1cccc(Cl)c1)C(Cc1ccccc1)C(=O)NC(C)C)S(C)(=O)=O. The van der Waals surface area contributed by atoms with Crippen LogP contribution in [0.2, 0.25) is 5.02 Å². The van der Waals surface area contributed by atoms with Crippen LogP contribution in [-0.4, -0.2) is 57.1 Å². The lowest BCUT2D eigenvalue weighted by atomic mass is 10.0. The largest absolute Gasteiger partial charge is 0.495 e. The lowest BCUT2D eigenvalue weighted by molar-refractivity contribution is -0.141. The van der Waals surface area contributed by atoms with Gasteiger partial charge in [0.2, 0.25) is 21.8 Å². The predicted molar refractivity (Wildman–Crippen MR) is 164 cm³/mol. The van der Waals surface area contributed by atoms with Crippen LogP contribution >= 0.6 is 11.6 Å². The molecule has 0 fully saturated rings. The normalized spacial score (nSPS) is 12.0. The molecule has 0 bridgehead atoms. The number of halogens is 1. The van der Waals surface area contributed by atoms with Crippen LogP contribution in [0.1, 0.15) is 37.8 Å². The van der Waals surface area contributed by atoms with Crippen LogP contribution in [0, 0.1) is 0 Å². The number of amides is 2. The van der Waals surface area contributed by atoms with E-state index in [1.807, 2.05) is 50.2 Å². The van der Waals surface area contributed by atoms with Gasteiger partial charge < -0.3 is 15.0 Å². The molecule has 3 aromatic rings. The number of hydrogen-bond donors (Lipinski definition) is 1. The number of nitrogens with one attached hydrogen (secondary N) is 1. The van der Waals surface area contributed by atoms with E-state index in [1.165, 1.54) is 11.4 Å². The fourth-order valence-corrected chi connectivity index (χ4v) is 5.77. The summed E-state index contributed by atoms with van der Waals surface area (Å²) in [6.45, 7) is 3.98. The second kappa shape index (κ2) is 14.9. The van der Waals surface area contributed by atoms with Crippen molar-refractivity contribution in [1.29, 1.82) is 0 Å². The van der Waals surface area contributed by atoms with E-state index in [1.54, 1.807) is 47.4 Å². The number of anilines is 1. The van der Waals surface area contributed by atoms with Crippen LogP contribution < -0.4 is 14.4 Å². The molecule has 0 aliphatic heterocycles. The molecule has 3 rings (SSSR count). The van der Waals surface area contributed by atoms with Gasteiger partial charge in [-0.2, -0.15) is 0 Å². The molecule has 1 unspecified atom stereocenters. The monoisotopic (exact) mass is 599 g/mol. The molecule has 3 aromatic carbocycles. The Morgan fingerprint density at radius 1 is 0.951 bits per heavy atom. The van der Waals surface area contributed by atoms with Gasteiger partial charge >= 0.3 is 0 Å². The zero-order valence-electron chi connectivity index (χ0n) is 23.9. The maximum absolute atomic E-state index is 13.9. The highest BCUT2D eigenvalue weighted by Crippen LogP contribution is 2.30. The topological polar surface area (TPSA) is 96.0 Å². The zero-order chi connectivity index (χ0) is 30.0. The number of carbonyl (C=O) groups is 2. The lowest BCUT2D eigenvalue weighted by Gasteiger charge is -2.32. The van der Waals surface area contributed by atoms with Gasteiger partial charge in [0, 0.05) is 37.0 Å². The Bertz CT molecular complexity index is 1420. The van der Waals surface area contributed by atoms with Crippen LogP contribution in [0.15, 0.2) is 78.9 Å². The van der Waals surface area contributed by atoms with Crippen molar-refractivity contribution in [2.75, 3.05) is 24.2 Å². The van der Waals surface area contributed by atoms with E-state index in [4.69, 9.17) is 16.3 Å². The second-order valence-corrected chi connectivity index (χ2v) is 12.5. The Labute approximate surface area is 248 Å². The third-order valence-corrected chi connectivity index (χ3v) is 7.87. The van der Waals surface area contributed by atoms with Crippen molar-refractivity contribution in [2.24, 2.45) is 0 Å². The lowest BCUT2D eigenvalue weighted by Crippen LogP contribution is -2.51. The summed E-state index contributed by atoms with van der Waals surface area (Å²) in [4.78, 5) is 28.9. The number of para-hydroxylation sites is 2. The molecule has 0 saturated heterocycles. The van der Waals surface area contributed by atoms with Crippen molar-refractivity contribution in [2.45, 2.75) is 51.7 Å². The Morgan fingerprint density at radius 2 is 1.61 bits per heavy atom. The molecule has 1 N–H and O–H groups in total. The quantitative estimate of drug-likeness (QED) is 0.279. The molecular formula is C31H38ClN3O5S. The van der Waals surface area contributed by atoms with Gasteiger partial charge in [0.1, 0.15) is 11.8 Å². The highest BCUT2D eigenvalue weighted by atomic mass is 35.5. The highest BCUT2D eigenvalue weighted by Gasteiger charge is 2.31. The molecule has 8 nitrogen and oxygen atoms in total. The highest BCUT2D eigenvalue weighted by molar-refractivity contribution is 7.92. The molecule has 0 aromatic heterocycles. The fraction of sp³-hybridized carbons (Fsp3) is 0.355. The van der Waals surface area contributed by atoms with Crippen LogP contribution in [-0.2, 0) is 32.6 Å². The number of rotatable bonds is 14. The minimum absolute atomic E-state index is 0.0297. The van der Waals surface area contributed by atoms with Crippen LogP contribution in [0.5, 0.6) is 5.75 Å². The average Bonchev–Trinajstić information content (AvgIpc) is 2.92. The standard InChI is InChI=1S/C31H38ClN3O5S/c1-23(2)33-31(37)28(21-24-12-6-5-7-13-24)34(22-25-14-10-15-26(32)20-25)30(36)18-11-19-35(41(4,38)39)27-16-8-9-17-29(27)40-3/h5-10,12-17,20,23,28H,11,18-19,21-22H2,1-4H3,(H,33,37). The third kappa shape index (κ3) is 9.50. The number of carbonyl (C=O) groups excluding carboxylic acids is 2. The summed E-state index contributed by atoms with van der Waals surface area (Å²) < 4.78 is 32.0. The van der Waals surface area contributed by atoms with Crippen LogP contribution in [0.25, 0.3) is 0 Å². The van der Waals surface area contributed by atoms with Gasteiger partial charge in [-0.1, -0.05) is 66.2 Å². The Hall–Kier alpha value is -3.56. The van der Waals surface area contributed by atoms with Gasteiger partial charge in [0.15, 0.2) is 0 Å². The first-order valence-corrected chi connectivity index (χ1v) is 15.7. The molecule has 1 atom stereocenters. The smallest absolute Gasteiger partial charge is 0.243 e. The summed E-state index contributed by atoms with van der Waals surface area (Å²) >= 11 is 6.24.